The molecule has 0 fully saturated rings. The van der Waals surface area contributed by atoms with Crippen molar-refractivity contribution in [3.63, 3.8) is 0 Å². The highest BCUT2D eigenvalue weighted by Gasteiger charge is 2.12. The number of nitrogens with one attached hydrogen (secondary N) is 1. The van der Waals surface area contributed by atoms with Crippen LogP contribution in [0, 0.1) is 6.92 Å². The van der Waals surface area contributed by atoms with E-state index in [0.717, 1.165) is 17.0 Å². The van der Waals surface area contributed by atoms with Crippen molar-refractivity contribution in [1.82, 2.24) is 4.57 Å². The third kappa shape index (κ3) is 5.09. The van der Waals surface area contributed by atoms with Crippen LogP contribution in [0.1, 0.15) is 12.1 Å². The Morgan fingerprint density at radius 2 is 2.00 bits per heavy atom. The topological polar surface area (TPSA) is 95.9 Å². The normalized spacial score (nSPS) is 10.3. The lowest BCUT2D eigenvalue weighted by atomic mass is 10.2. The second-order valence-corrected chi connectivity index (χ2v) is 6.14. The van der Waals surface area contributed by atoms with Crippen LogP contribution in [0.15, 0.2) is 28.4 Å². The van der Waals surface area contributed by atoms with E-state index >= 15 is 0 Å². The van der Waals surface area contributed by atoms with Gasteiger partial charge in [-0.15, -0.1) is 0 Å². The zero-order chi connectivity index (χ0) is 19.1. The first-order chi connectivity index (χ1) is 12.4. The second kappa shape index (κ2) is 9.04. The molecular formula is C17H20N2O6S. The maximum absolute atomic E-state index is 12.0. The van der Waals surface area contributed by atoms with Crippen LogP contribution in [-0.2, 0) is 20.9 Å². The fourth-order valence-corrected chi connectivity index (χ4v) is 2.95. The molecule has 1 N–H and O–H groups in total. The first-order valence-corrected chi connectivity index (χ1v) is 8.65. The van der Waals surface area contributed by atoms with E-state index in [-0.39, 0.29) is 17.8 Å². The molecular weight excluding hydrogens is 360 g/mol. The Hall–Kier alpha value is -2.81. The number of rotatable bonds is 8. The Balaban J connectivity index is 1.83. The van der Waals surface area contributed by atoms with Crippen LogP contribution in [0.5, 0.6) is 11.5 Å². The van der Waals surface area contributed by atoms with Crippen LogP contribution in [0.25, 0.3) is 0 Å². The minimum absolute atomic E-state index is 0.0105. The van der Waals surface area contributed by atoms with Crippen molar-refractivity contribution in [1.29, 1.82) is 0 Å². The van der Waals surface area contributed by atoms with Crippen molar-refractivity contribution in [3.8, 4) is 11.5 Å². The molecule has 0 unspecified atom stereocenters. The van der Waals surface area contributed by atoms with Gasteiger partial charge in [-0.1, -0.05) is 11.3 Å². The molecule has 2 rings (SSSR count). The van der Waals surface area contributed by atoms with E-state index in [1.54, 1.807) is 30.5 Å². The van der Waals surface area contributed by atoms with Crippen molar-refractivity contribution >= 4 is 28.9 Å². The largest absolute Gasteiger partial charge is 0.497 e. The molecule has 1 aromatic heterocycles. The van der Waals surface area contributed by atoms with Crippen molar-refractivity contribution < 1.29 is 23.8 Å². The summed E-state index contributed by atoms with van der Waals surface area (Å²) in [4.78, 5) is 35.2. The van der Waals surface area contributed by atoms with E-state index in [1.807, 2.05) is 0 Å². The zero-order valence-electron chi connectivity index (χ0n) is 14.7. The van der Waals surface area contributed by atoms with E-state index < -0.39 is 18.5 Å². The van der Waals surface area contributed by atoms with Gasteiger partial charge in [0, 0.05) is 23.7 Å². The molecule has 0 saturated carbocycles. The second-order valence-electron chi connectivity index (χ2n) is 5.32. The van der Waals surface area contributed by atoms with Gasteiger partial charge in [0.2, 0.25) is 0 Å². The fourth-order valence-electron chi connectivity index (χ4n) is 2.18. The molecule has 9 heteroatoms. The molecule has 0 aliphatic carbocycles. The molecule has 0 aliphatic heterocycles. The molecule has 0 saturated heterocycles. The molecule has 1 heterocycles. The minimum Gasteiger partial charge on any atom is -0.497 e. The molecule has 2 aromatic rings. The number of aromatic nitrogens is 1. The van der Waals surface area contributed by atoms with Crippen molar-refractivity contribution in [3.05, 3.63) is 38.9 Å². The fraction of sp³-hybridized carbons (Fsp3) is 0.353. The number of nitrogens with zero attached hydrogens (tertiary/aromatic N) is 1. The number of ether oxygens (including phenoxy) is 3. The predicted molar refractivity (Wildman–Crippen MR) is 97.1 cm³/mol. The number of hydrogen-bond acceptors (Lipinski definition) is 7. The number of esters is 1. The summed E-state index contributed by atoms with van der Waals surface area (Å²) in [6.07, 6.45) is 0.0105. The van der Waals surface area contributed by atoms with Gasteiger partial charge in [0.05, 0.1) is 26.3 Å². The number of carbonyl (C=O) groups is 2. The maximum atomic E-state index is 12.0. The quantitative estimate of drug-likeness (QED) is 0.702. The van der Waals surface area contributed by atoms with Crippen molar-refractivity contribution in [2.45, 2.75) is 19.9 Å². The molecule has 0 radical (unpaired) electrons. The Kier molecular flexibility index (Phi) is 6.79. The van der Waals surface area contributed by atoms with Crippen LogP contribution < -0.4 is 19.7 Å². The summed E-state index contributed by atoms with van der Waals surface area (Å²) in [5, 5.41) is 4.33. The standard InChI is InChI=1S/C17H20N2O6S/c1-11-10-26-17(22)19(11)7-6-16(21)25-9-15(20)18-13-5-4-12(23-2)8-14(13)24-3/h4-5,8,10H,6-7,9H2,1-3H3,(H,18,20). The number of amides is 1. The van der Waals surface area contributed by atoms with Gasteiger partial charge >= 0.3 is 10.8 Å². The molecule has 26 heavy (non-hydrogen) atoms. The lowest BCUT2D eigenvalue weighted by Crippen LogP contribution is -2.23. The first kappa shape index (κ1) is 19.5. The van der Waals surface area contributed by atoms with E-state index in [9.17, 15) is 14.4 Å². The summed E-state index contributed by atoms with van der Waals surface area (Å²) >= 11 is 1.08. The SMILES string of the molecule is COc1ccc(NC(=O)COC(=O)CCn2c(C)csc2=O)c(OC)c1. The molecule has 8 nitrogen and oxygen atoms in total. The van der Waals surface area contributed by atoms with Gasteiger partial charge in [-0.25, -0.2) is 0 Å². The van der Waals surface area contributed by atoms with Gasteiger partial charge in [-0.2, -0.15) is 0 Å². The molecule has 0 atom stereocenters. The highest BCUT2D eigenvalue weighted by atomic mass is 32.1. The summed E-state index contributed by atoms with van der Waals surface area (Å²) in [6, 6.07) is 4.93. The van der Waals surface area contributed by atoms with Gasteiger partial charge in [0.25, 0.3) is 5.91 Å². The molecule has 0 spiro atoms. The lowest BCUT2D eigenvalue weighted by molar-refractivity contribution is -0.147. The number of anilines is 1. The molecule has 1 aromatic carbocycles. The molecule has 0 aliphatic rings. The van der Waals surface area contributed by atoms with Gasteiger partial charge in [-0.05, 0) is 19.1 Å². The first-order valence-electron chi connectivity index (χ1n) is 7.77. The van der Waals surface area contributed by atoms with Crippen LogP contribution >= 0.6 is 11.3 Å². The summed E-state index contributed by atoms with van der Waals surface area (Å²) in [7, 11) is 3.00. The van der Waals surface area contributed by atoms with Gasteiger partial charge in [0.15, 0.2) is 6.61 Å². The molecule has 140 valence electrons. The average Bonchev–Trinajstić information content (AvgIpc) is 2.96. The molecule has 0 bridgehead atoms. The van der Waals surface area contributed by atoms with E-state index in [0.29, 0.717) is 17.2 Å². The van der Waals surface area contributed by atoms with Crippen LogP contribution in [0.2, 0.25) is 0 Å². The summed E-state index contributed by atoms with van der Waals surface area (Å²) in [5.74, 6) is -0.0355. The number of aryl methyl sites for hydroxylation is 1. The van der Waals surface area contributed by atoms with Crippen LogP contribution in [0.4, 0.5) is 5.69 Å². The number of methoxy groups -OCH3 is 2. The predicted octanol–water partition coefficient (Wildman–Crippen LogP) is 1.81. The van der Waals surface area contributed by atoms with E-state index in [2.05, 4.69) is 5.32 Å². The summed E-state index contributed by atoms with van der Waals surface area (Å²) in [6.45, 7) is 1.59. The highest BCUT2D eigenvalue weighted by Crippen LogP contribution is 2.28. The van der Waals surface area contributed by atoms with Crippen molar-refractivity contribution in [2.75, 3.05) is 26.1 Å². The monoisotopic (exact) mass is 380 g/mol. The number of carbonyl (C=O) groups excluding carboxylic acids is 2. The van der Waals surface area contributed by atoms with Gasteiger partial charge < -0.3 is 24.1 Å². The Morgan fingerprint density at radius 1 is 1.23 bits per heavy atom. The van der Waals surface area contributed by atoms with E-state index in [4.69, 9.17) is 14.2 Å². The van der Waals surface area contributed by atoms with Crippen molar-refractivity contribution in [2.24, 2.45) is 0 Å². The Morgan fingerprint density at radius 3 is 2.62 bits per heavy atom. The van der Waals surface area contributed by atoms with Gasteiger partial charge in [0.1, 0.15) is 11.5 Å². The number of thiazole rings is 1. The van der Waals surface area contributed by atoms with Crippen LogP contribution in [0.3, 0.4) is 0 Å². The maximum Gasteiger partial charge on any atom is 0.308 e. The molecule has 1 amide bonds. The zero-order valence-corrected chi connectivity index (χ0v) is 15.6. The minimum atomic E-state index is -0.556. The van der Waals surface area contributed by atoms with Gasteiger partial charge in [-0.3, -0.25) is 14.4 Å². The lowest BCUT2D eigenvalue weighted by Gasteiger charge is -2.12. The summed E-state index contributed by atoms with van der Waals surface area (Å²) in [5.41, 5.74) is 1.23. The van der Waals surface area contributed by atoms with E-state index in [1.165, 1.54) is 18.8 Å². The highest BCUT2D eigenvalue weighted by molar-refractivity contribution is 7.07. The number of benzene rings is 1. The Bertz CT molecular complexity index is 842. The Labute approximate surface area is 154 Å². The average molecular weight is 380 g/mol. The van der Waals surface area contributed by atoms with Crippen LogP contribution in [-0.4, -0.2) is 37.3 Å². The third-order valence-corrected chi connectivity index (χ3v) is 4.44. The summed E-state index contributed by atoms with van der Waals surface area (Å²) < 4.78 is 16.7. The smallest absolute Gasteiger partial charge is 0.308 e. The third-order valence-electron chi connectivity index (χ3n) is 3.56. The number of hydrogen-bond donors (Lipinski definition) is 1.